The highest BCUT2D eigenvalue weighted by Crippen LogP contribution is 2.15. The fourth-order valence-corrected chi connectivity index (χ4v) is 1.54. The van der Waals surface area contributed by atoms with Crippen molar-refractivity contribution in [1.82, 2.24) is 9.78 Å². The van der Waals surface area contributed by atoms with Gasteiger partial charge in [-0.05, 0) is 15.9 Å². The number of carbonyl (C=O) groups is 1. The largest absolute Gasteiger partial charge is 0.381 e. The number of hydrogen-bond donors (Lipinski definition) is 3. The molecular formula is C10H11BrN4O3. The van der Waals surface area contributed by atoms with E-state index in [1.807, 2.05) is 0 Å². The van der Waals surface area contributed by atoms with Crippen molar-refractivity contribution in [1.29, 1.82) is 0 Å². The molecule has 0 radical (unpaired) electrons. The SMILES string of the molecule is C#CCn1ncc(NCC(O)C(N)=O)c(Br)c1=O. The second-order valence-electron chi connectivity index (χ2n) is 3.34. The molecule has 1 aromatic heterocycles. The number of halogens is 1. The molecule has 18 heavy (non-hydrogen) atoms. The molecule has 8 heteroatoms. The lowest BCUT2D eigenvalue weighted by Gasteiger charge is -2.11. The van der Waals surface area contributed by atoms with Crippen LogP contribution in [0.1, 0.15) is 0 Å². The fourth-order valence-electron chi connectivity index (χ4n) is 1.09. The van der Waals surface area contributed by atoms with E-state index in [2.05, 4.69) is 32.3 Å². The maximum absolute atomic E-state index is 11.7. The normalized spacial score (nSPS) is 11.6. The minimum absolute atomic E-state index is 0.0572. The summed E-state index contributed by atoms with van der Waals surface area (Å²) in [5, 5.41) is 15.7. The van der Waals surface area contributed by atoms with E-state index >= 15 is 0 Å². The summed E-state index contributed by atoms with van der Waals surface area (Å²) >= 11 is 3.09. The Morgan fingerprint density at radius 2 is 2.44 bits per heavy atom. The molecule has 96 valence electrons. The van der Waals surface area contributed by atoms with Gasteiger partial charge in [0.15, 0.2) is 0 Å². The summed E-state index contributed by atoms with van der Waals surface area (Å²) in [7, 11) is 0. The number of anilines is 1. The molecule has 1 rings (SSSR count). The molecule has 0 fully saturated rings. The van der Waals surface area contributed by atoms with Crippen molar-refractivity contribution in [3.63, 3.8) is 0 Å². The molecule has 0 spiro atoms. The number of primary amides is 1. The molecule has 0 aliphatic rings. The lowest BCUT2D eigenvalue weighted by molar-refractivity contribution is -0.125. The third-order valence-electron chi connectivity index (χ3n) is 2.04. The smallest absolute Gasteiger partial charge is 0.284 e. The van der Waals surface area contributed by atoms with Crippen molar-refractivity contribution >= 4 is 27.5 Å². The van der Waals surface area contributed by atoms with E-state index in [-0.39, 0.29) is 17.6 Å². The maximum atomic E-state index is 11.7. The van der Waals surface area contributed by atoms with Gasteiger partial charge in [-0.25, -0.2) is 4.68 Å². The molecule has 0 aromatic carbocycles. The molecule has 1 amide bonds. The number of nitrogens with one attached hydrogen (secondary N) is 1. The molecule has 1 heterocycles. The van der Waals surface area contributed by atoms with Crippen LogP contribution in [-0.4, -0.2) is 33.4 Å². The van der Waals surface area contributed by atoms with Gasteiger partial charge in [-0.1, -0.05) is 5.92 Å². The monoisotopic (exact) mass is 314 g/mol. The van der Waals surface area contributed by atoms with Crippen LogP contribution >= 0.6 is 15.9 Å². The molecule has 0 bridgehead atoms. The number of amides is 1. The van der Waals surface area contributed by atoms with Crippen LogP contribution in [-0.2, 0) is 11.3 Å². The van der Waals surface area contributed by atoms with Gasteiger partial charge in [0.1, 0.15) is 17.1 Å². The second-order valence-corrected chi connectivity index (χ2v) is 4.13. The Kier molecular flexibility index (Phi) is 4.88. The van der Waals surface area contributed by atoms with E-state index < -0.39 is 17.6 Å². The van der Waals surface area contributed by atoms with Crippen LogP contribution in [0.25, 0.3) is 0 Å². The first-order valence-corrected chi connectivity index (χ1v) is 5.67. The summed E-state index contributed by atoms with van der Waals surface area (Å²) in [6.45, 7) is -0.0597. The minimum Gasteiger partial charge on any atom is -0.381 e. The van der Waals surface area contributed by atoms with Crippen LogP contribution in [0.15, 0.2) is 15.5 Å². The van der Waals surface area contributed by atoms with Gasteiger partial charge in [0, 0.05) is 6.54 Å². The number of rotatable bonds is 5. The van der Waals surface area contributed by atoms with Gasteiger partial charge >= 0.3 is 0 Å². The van der Waals surface area contributed by atoms with Crippen molar-refractivity contribution in [3.05, 3.63) is 21.0 Å². The van der Waals surface area contributed by atoms with Gasteiger partial charge < -0.3 is 16.2 Å². The number of carbonyl (C=O) groups excluding carboxylic acids is 1. The zero-order valence-electron chi connectivity index (χ0n) is 9.26. The highest BCUT2D eigenvalue weighted by molar-refractivity contribution is 9.10. The maximum Gasteiger partial charge on any atom is 0.284 e. The molecule has 7 nitrogen and oxygen atoms in total. The van der Waals surface area contributed by atoms with Crippen LogP contribution in [0, 0.1) is 12.3 Å². The molecule has 1 unspecified atom stereocenters. The Morgan fingerprint density at radius 3 is 3.00 bits per heavy atom. The number of aliphatic hydroxyl groups excluding tert-OH is 1. The molecule has 0 aliphatic heterocycles. The Labute approximate surface area is 111 Å². The summed E-state index contributed by atoms with van der Waals surface area (Å²) in [5.41, 5.74) is 4.82. The fraction of sp³-hybridized carbons (Fsp3) is 0.300. The van der Waals surface area contributed by atoms with E-state index in [1.165, 1.54) is 6.20 Å². The summed E-state index contributed by atoms with van der Waals surface area (Å²) < 4.78 is 1.31. The first-order chi connectivity index (χ1) is 8.47. The third kappa shape index (κ3) is 3.32. The summed E-state index contributed by atoms with van der Waals surface area (Å²) in [6, 6.07) is 0. The van der Waals surface area contributed by atoms with E-state index in [1.54, 1.807) is 0 Å². The highest BCUT2D eigenvalue weighted by atomic mass is 79.9. The van der Waals surface area contributed by atoms with Crippen molar-refractivity contribution < 1.29 is 9.90 Å². The number of nitrogens with two attached hydrogens (primary N) is 1. The Morgan fingerprint density at radius 1 is 1.78 bits per heavy atom. The van der Waals surface area contributed by atoms with Crippen LogP contribution < -0.4 is 16.6 Å². The number of terminal acetylenes is 1. The zero-order valence-corrected chi connectivity index (χ0v) is 10.8. The van der Waals surface area contributed by atoms with Gasteiger partial charge in [0.2, 0.25) is 5.91 Å². The highest BCUT2D eigenvalue weighted by Gasteiger charge is 2.13. The summed E-state index contributed by atoms with van der Waals surface area (Å²) in [6.07, 6.45) is 5.10. The van der Waals surface area contributed by atoms with Crippen LogP contribution in [0.2, 0.25) is 0 Å². The molecule has 1 aromatic rings. The molecule has 4 N–H and O–H groups in total. The predicted molar refractivity (Wildman–Crippen MR) is 68.7 cm³/mol. The topological polar surface area (TPSA) is 110 Å². The first-order valence-electron chi connectivity index (χ1n) is 4.87. The Bertz CT molecular complexity index is 549. The van der Waals surface area contributed by atoms with Gasteiger partial charge in [0.05, 0.1) is 11.9 Å². The van der Waals surface area contributed by atoms with Gasteiger partial charge in [-0.2, -0.15) is 5.10 Å². The molecule has 0 saturated carbocycles. The zero-order chi connectivity index (χ0) is 13.7. The molecule has 1 atom stereocenters. The number of nitrogens with zero attached hydrogens (tertiary/aromatic N) is 2. The lowest BCUT2D eigenvalue weighted by Crippen LogP contribution is -2.35. The van der Waals surface area contributed by atoms with Crippen LogP contribution in [0.3, 0.4) is 0 Å². The third-order valence-corrected chi connectivity index (χ3v) is 2.81. The van der Waals surface area contributed by atoms with E-state index in [0.29, 0.717) is 5.69 Å². The predicted octanol–water partition coefficient (Wildman–Crippen LogP) is -1.10. The first kappa shape index (κ1) is 14.2. The minimum atomic E-state index is -1.34. The average molecular weight is 315 g/mol. The standard InChI is InChI=1S/C10H11BrN4O3/c1-2-3-15-10(18)8(11)6(4-14-15)13-5-7(16)9(12)17/h1,4,7,13,16H,3,5H2,(H2,12,17). The van der Waals surface area contributed by atoms with E-state index in [0.717, 1.165) is 4.68 Å². The van der Waals surface area contributed by atoms with E-state index in [9.17, 15) is 14.7 Å². The quantitative estimate of drug-likeness (QED) is 0.597. The van der Waals surface area contributed by atoms with Gasteiger partial charge in [-0.3, -0.25) is 9.59 Å². The summed E-state index contributed by atoms with van der Waals surface area (Å²) in [4.78, 5) is 22.4. The Hall–Kier alpha value is -1.85. The average Bonchev–Trinajstić information content (AvgIpc) is 2.33. The number of hydrogen-bond acceptors (Lipinski definition) is 5. The number of aliphatic hydroxyl groups is 1. The molecular weight excluding hydrogens is 304 g/mol. The molecule has 0 saturated heterocycles. The van der Waals surface area contributed by atoms with Crippen molar-refractivity contribution in [2.75, 3.05) is 11.9 Å². The van der Waals surface area contributed by atoms with Crippen LogP contribution in [0.5, 0.6) is 0 Å². The van der Waals surface area contributed by atoms with Crippen LogP contribution in [0.4, 0.5) is 5.69 Å². The Balaban J connectivity index is 2.87. The van der Waals surface area contributed by atoms with E-state index in [4.69, 9.17) is 12.2 Å². The van der Waals surface area contributed by atoms with Gasteiger partial charge in [-0.15, -0.1) is 6.42 Å². The molecule has 0 aliphatic carbocycles. The number of aromatic nitrogens is 2. The van der Waals surface area contributed by atoms with Gasteiger partial charge in [0.25, 0.3) is 5.56 Å². The van der Waals surface area contributed by atoms with Crippen molar-refractivity contribution in [2.45, 2.75) is 12.6 Å². The van der Waals surface area contributed by atoms with Crippen molar-refractivity contribution in [2.24, 2.45) is 5.73 Å². The van der Waals surface area contributed by atoms with Crippen molar-refractivity contribution in [3.8, 4) is 12.3 Å². The second kappa shape index (κ2) is 6.18. The summed E-state index contributed by atoms with van der Waals surface area (Å²) in [5.74, 6) is 1.44. The lowest BCUT2D eigenvalue weighted by atomic mass is 10.3.